The van der Waals surface area contributed by atoms with Gasteiger partial charge in [-0.2, -0.15) is 5.26 Å². The minimum atomic E-state index is -0.884. The Hall–Kier alpha value is -1.81. The molecule has 0 aromatic heterocycles. The molecule has 7 heteroatoms. The van der Waals surface area contributed by atoms with Gasteiger partial charge in [-0.1, -0.05) is 0 Å². The predicted octanol–water partition coefficient (Wildman–Crippen LogP) is 0.423. The van der Waals surface area contributed by atoms with Gasteiger partial charge in [0.2, 0.25) is 0 Å². The van der Waals surface area contributed by atoms with Crippen LogP contribution in [0.1, 0.15) is 19.3 Å². The molecular weight excluding hydrogens is 238 g/mol. The molecule has 7 nitrogen and oxygen atoms in total. The minimum absolute atomic E-state index is 0.0244. The van der Waals surface area contributed by atoms with Crippen LogP contribution in [0, 0.1) is 11.3 Å². The van der Waals surface area contributed by atoms with Crippen molar-refractivity contribution in [2.24, 2.45) is 0 Å². The largest absolute Gasteiger partial charge is 0.481 e. The van der Waals surface area contributed by atoms with Crippen LogP contribution < -0.4 is 5.32 Å². The number of hydrogen-bond donors (Lipinski definition) is 2. The highest BCUT2D eigenvalue weighted by atomic mass is 16.5. The molecule has 0 fully saturated rings. The second-order valence-electron chi connectivity index (χ2n) is 3.62. The van der Waals surface area contributed by atoms with E-state index in [4.69, 9.17) is 15.1 Å². The van der Waals surface area contributed by atoms with Gasteiger partial charge in [0.05, 0.1) is 19.1 Å². The molecule has 102 valence electrons. The van der Waals surface area contributed by atoms with E-state index in [0.717, 1.165) is 0 Å². The summed E-state index contributed by atoms with van der Waals surface area (Å²) < 4.78 is 4.88. The van der Waals surface area contributed by atoms with Crippen LogP contribution >= 0.6 is 0 Å². The number of rotatable bonds is 9. The first-order valence-corrected chi connectivity index (χ1v) is 5.72. The second-order valence-corrected chi connectivity index (χ2v) is 3.62. The number of amides is 2. The summed E-state index contributed by atoms with van der Waals surface area (Å²) in [5.74, 6) is -0.884. The van der Waals surface area contributed by atoms with Crippen LogP contribution in [0.3, 0.4) is 0 Å². The van der Waals surface area contributed by atoms with Crippen LogP contribution in [0.25, 0.3) is 0 Å². The SMILES string of the molecule is COCCN(CCC#N)C(=O)NCCCC(=O)O. The molecule has 0 spiro atoms. The highest BCUT2D eigenvalue weighted by molar-refractivity contribution is 5.74. The zero-order valence-corrected chi connectivity index (χ0v) is 10.5. The van der Waals surface area contributed by atoms with Crippen LogP contribution in [-0.4, -0.2) is 55.4 Å². The van der Waals surface area contributed by atoms with Crippen LogP contribution in [0.5, 0.6) is 0 Å². The van der Waals surface area contributed by atoms with Gasteiger partial charge in [-0.15, -0.1) is 0 Å². The normalized spacial score (nSPS) is 9.56. The number of carboxylic acid groups (broad SMARTS) is 1. The maximum Gasteiger partial charge on any atom is 0.317 e. The Bertz CT molecular complexity index is 301. The molecule has 0 aromatic carbocycles. The molecule has 0 aliphatic carbocycles. The highest BCUT2D eigenvalue weighted by Crippen LogP contribution is 1.94. The molecule has 0 aliphatic heterocycles. The average Bonchev–Trinajstić information content (AvgIpc) is 2.34. The van der Waals surface area contributed by atoms with Gasteiger partial charge in [0, 0.05) is 33.2 Å². The summed E-state index contributed by atoms with van der Waals surface area (Å²) in [5.41, 5.74) is 0. The van der Waals surface area contributed by atoms with Gasteiger partial charge < -0.3 is 20.1 Å². The lowest BCUT2D eigenvalue weighted by Crippen LogP contribution is -2.42. The number of aliphatic carboxylic acids is 1. The number of carbonyl (C=O) groups is 2. The molecule has 2 amide bonds. The van der Waals surface area contributed by atoms with Crippen LogP contribution in [0.2, 0.25) is 0 Å². The molecule has 2 N–H and O–H groups in total. The molecule has 0 rings (SSSR count). The fourth-order valence-electron chi connectivity index (χ4n) is 1.25. The first-order valence-electron chi connectivity index (χ1n) is 5.72. The summed E-state index contributed by atoms with van der Waals surface area (Å²) in [4.78, 5) is 23.5. The van der Waals surface area contributed by atoms with E-state index in [0.29, 0.717) is 32.7 Å². The third-order valence-corrected chi connectivity index (χ3v) is 2.19. The van der Waals surface area contributed by atoms with Gasteiger partial charge in [-0.25, -0.2) is 4.79 Å². The minimum Gasteiger partial charge on any atom is -0.481 e. The zero-order valence-electron chi connectivity index (χ0n) is 10.5. The van der Waals surface area contributed by atoms with Crippen LogP contribution in [0.4, 0.5) is 4.79 Å². The topological polar surface area (TPSA) is 103 Å². The van der Waals surface area contributed by atoms with Crippen molar-refractivity contribution < 1.29 is 19.4 Å². The third-order valence-electron chi connectivity index (χ3n) is 2.19. The van der Waals surface area contributed by atoms with E-state index < -0.39 is 5.97 Å². The number of methoxy groups -OCH3 is 1. The molecule has 0 atom stereocenters. The van der Waals surface area contributed by atoms with Crippen LogP contribution in [0.15, 0.2) is 0 Å². The summed E-state index contributed by atoms with van der Waals surface area (Å²) in [6.45, 7) is 1.45. The zero-order chi connectivity index (χ0) is 13.8. The number of carboxylic acids is 1. The van der Waals surface area contributed by atoms with Gasteiger partial charge in [0.25, 0.3) is 0 Å². The van der Waals surface area contributed by atoms with Gasteiger partial charge in [-0.05, 0) is 6.42 Å². The standard InChI is InChI=1S/C11H19N3O4/c1-18-9-8-14(7-3-5-12)11(17)13-6-2-4-10(15)16/h2-4,6-9H2,1H3,(H,13,17)(H,15,16). The van der Waals surface area contributed by atoms with Gasteiger partial charge in [0.15, 0.2) is 0 Å². The van der Waals surface area contributed by atoms with Crippen molar-refractivity contribution >= 4 is 12.0 Å². The van der Waals surface area contributed by atoms with Crippen molar-refractivity contribution in [2.45, 2.75) is 19.3 Å². The van der Waals surface area contributed by atoms with Gasteiger partial charge in [0.1, 0.15) is 0 Å². The molecule has 0 aliphatic rings. The lowest BCUT2D eigenvalue weighted by atomic mass is 10.3. The summed E-state index contributed by atoms with van der Waals surface area (Å²) in [7, 11) is 1.53. The number of urea groups is 1. The Labute approximate surface area is 106 Å². The maximum atomic E-state index is 11.7. The van der Waals surface area contributed by atoms with E-state index >= 15 is 0 Å². The Balaban J connectivity index is 3.96. The number of carbonyl (C=O) groups excluding carboxylic acids is 1. The van der Waals surface area contributed by atoms with E-state index in [1.54, 1.807) is 0 Å². The first kappa shape index (κ1) is 16.2. The number of hydrogen-bond acceptors (Lipinski definition) is 4. The fourth-order valence-corrected chi connectivity index (χ4v) is 1.25. The van der Waals surface area contributed by atoms with Gasteiger partial charge in [-0.3, -0.25) is 4.79 Å². The number of nitrogens with zero attached hydrogens (tertiary/aromatic N) is 2. The third kappa shape index (κ3) is 8.35. The van der Waals surface area contributed by atoms with Crippen LogP contribution in [-0.2, 0) is 9.53 Å². The van der Waals surface area contributed by atoms with E-state index in [9.17, 15) is 9.59 Å². The molecule has 0 unspecified atom stereocenters. The molecule has 0 bridgehead atoms. The Morgan fingerprint density at radius 3 is 2.72 bits per heavy atom. The van der Waals surface area contributed by atoms with Crippen molar-refractivity contribution in [1.82, 2.24) is 10.2 Å². The number of nitrogens with one attached hydrogen (secondary N) is 1. The summed E-state index contributed by atoms with van der Waals surface area (Å²) >= 11 is 0. The van der Waals surface area contributed by atoms with Crippen molar-refractivity contribution in [2.75, 3.05) is 33.4 Å². The monoisotopic (exact) mass is 257 g/mol. The predicted molar refractivity (Wildman–Crippen MR) is 63.9 cm³/mol. The van der Waals surface area contributed by atoms with E-state index in [2.05, 4.69) is 5.32 Å². The summed E-state index contributed by atoms with van der Waals surface area (Å²) in [6.07, 6.45) is 0.667. The Kier molecular flexibility index (Phi) is 9.31. The Morgan fingerprint density at radius 2 is 2.17 bits per heavy atom. The lowest BCUT2D eigenvalue weighted by molar-refractivity contribution is -0.137. The van der Waals surface area contributed by atoms with Crippen molar-refractivity contribution in [3.05, 3.63) is 0 Å². The summed E-state index contributed by atoms with van der Waals surface area (Å²) in [6, 6.07) is 1.67. The molecular formula is C11H19N3O4. The molecule has 0 saturated heterocycles. The van der Waals surface area contributed by atoms with Gasteiger partial charge >= 0.3 is 12.0 Å². The van der Waals surface area contributed by atoms with E-state index in [1.165, 1.54) is 12.0 Å². The van der Waals surface area contributed by atoms with E-state index in [1.807, 2.05) is 6.07 Å². The average molecular weight is 257 g/mol. The number of nitriles is 1. The fraction of sp³-hybridized carbons (Fsp3) is 0.727. The molecule has 0 heterocycles. The van der Waals surface area contributed by atoms with E-state index in [-0.39, 0.29) is 18.9 Å². The van der Waals surface area contributed by atoms with Crippen molar-refractivity contribution in [3.63, 3.8) is 0 Å². The first-order chi connectivity index (χ1) is 8.61. The second kappa shape index (κ2) is 10.4. The molecule has 18 heavy (non-hydrogen) atoms. The summed E-state index contributed by atoms with van der Waals surface area (Å²) in [5, 5.41) is 19.6. The molecule has 0 radical (unpaired) electrons. The maximum absolute atomic E-state index is 11.7. The molecule has 0 aromatic rings. The lowest BCUT2D eigenvalue weighted by Gasteiger charge is -2.21. The van der Waals surface area contributed by atoms with Crippen molar-refractivity contribution in [3.8, 4) is 6.07 Å². The molecule has 0 saturated carbocycles. The number of ether oxygens (including phenoxy) is 1. The Morgan fingerprint density at radius 1 is 1.44 bits per heavy atom. The highest BCUT2D eigenvalue weighted by Gasteiger charge is 2.12. The smallest absolute Gasteiger partial charge is 0.317 e. The quantitative estimate of drug-likeness (QED) is 0.583. The van der Waals surface area contributed by atoms with Crippen molar-refractivity contribution in [1.29, 1.82) is 5.26 Å².